The van der Waals surface area contributed by atoms with E-state index in [0.29, 0.717) is 6.04 Å². The van der Waals surface area contributed by atoms with Gasteiger partial charge < -0.3 is 5.32 Å². The molecule has 1 atom stereocenters. The Balaban J connectivity index is 1.85. The van der Waals surface area contributed by atoms with Gasteiger partial charge in [0.25, 0.3) is 0 Å². The van der Waals surface area contributed by atoms with Crippen molar-refractivity contribution in [1.29, 1.82) is 0 Å². The first-order chi connectivity index (χ1) is 8.16. The van der Waals surface area contributed by atoms with Crippen molar-refractivity contribution in [3.8, 4) is 0 Å². The molecule has 1 amide bonds. The van der Waals surface area contributed by atoms with Gasteiger partial charge in [0.2, 0.25) is 5.91 Å². The Labute approximate surface area is 102 Å². The van der Waals surface area contributed by atoms with Crippen LogP contribution in [0.1, 0.15) is 45.6 Å². The van der Waals surface area contributed by atoms with Gasteiger partial charge in [-0.3, -0.25) is 4.79 Å². The van der Waals surface area contributed by atoms with Crippen molar-refractivity contribution in [3.63, 3.8) is 0 Å². The smallest absolute Gasteiger partial charge is 0.244 e. The van der Waals surface area contributed by atoms with E-state index in [2.05, 4.69) is 22.3 Å². The van der Waals surface area contributed by atoms with Crippen molar-refractivity contribution < 1.29 is 4.79 Å². The van der Waals surface area contributed by atoms with E-state index in [1.165, 1.54) is 19.2 Å². The van der Waals surface area contributed by atoms with Gasteiger partial charge in [-0.25, -0.2) is 9.67 Å². The Morgan fingerprint density at radius 2 is 2.12 bits per heavy atom. The van der Waals surface area contributed by atoms with Crippen LogP contribution in [0.15, 0.2) is 12.7 Å². The monoisotopic (exact) mass is 236 g/mol. The highest BCUT2D eigenvalue weighted by atomic mass is 16.2. The largest absolute Gasteiger partial charge is 0.352 e. The van der Waals surface area contributed by atoms with Crippen LogP contribution in [0.2, 0.25) is 0 Å². The minimum atomic E-state index is -0.281. The Kier molecular flexibility index (Phi) is 3.76. The summed E-state index contributed by atoms with van der Waals surface area (Å²) in [6, 6.07) is 0.0570. The second-order valence-corrected chi connectivity index (χ2v) is 5.02. The average molecular weight is 236 g/mol. The fourth-order valence-electron chi connectivity index (χ4n) is 2.26. The minimum absolute atomic E-state index is 0.0371. The standard InChI is InChI=1S/C12H20N4O/c1-9-3-5-11(6-4-9)15-12(17)10(2)16-8-13-7-14-16/h7-11H,3-6H2,1-2H3,(H,15,17). The second kappa shape index (κ2) is 5.29. The normalized spacial score (nSPS) is 26.5. The van der Waals surface area contributed by atoms with Crippen molar-refractivity contribution in [3.05, 3.63) is 12.7 Å². The molecule has 1 heterocycles. The van der Waals surface area contributed by atoms with Gasteiger partial charge in [0.15, 0.2) is 0 Å². The van der Waals surface area contributed by atoms with Crippen LogP contribution >= 0.6 is 0 Å². The van der Waals surface area contributed by atoms with Crippen molar-refractivity contribution >= 4 is 5.91 Å². The molecule has 2 rings (SSSR count). The third-order valence-electron chi connectivity index (χ3n) is 3.58. The summed E-state index contributed by atoms with van der Waals surface area (Å²) >= 11 is 0. The Hall–Kier alpha value is -1.39. The van der Waals surface area contributed by atoms with Crippen LogP contribution < -0.4 is 5.32 Å². The Bertz CT molecular complexity index is 355. The quantitative estimate of drug-likeness (QED) is 0.866. The zero-order valence-electron chi connectivity index (χ0n) is 10.5. The van der Waals surface area contributed by atoms with Gasteiger partial charge in [-0.2, -0.15) is 5.10 Å². The topological polar surface area (TPSA) is 59.8 Å². The first kappa shape index (κ1) is 12.1. The first-order valence-corrected chi connectivity index (χ1v) is 6.31. The molecule has 94 valence electrons. The predicted octanol–water partition coefficient (Wildman–Crippen LogP) is 1.53. The Morgan fingerprint density at radius 3 is 2.71 bits per heavy atom. The maximum Gasteiger partial charge on any atom is 0.244 e. The highest BCUT2D eigenvalue weighted by Gasteiger charge is 2.22. The number of carbonyl (C=O) groups is 1. The van der Waals surface area contributed by atoms with Gasteiger partial charge >= 0.3 is 0 Å². The summed E-state index contributed by atoms with van der Waals surface area (Å²) in [7, 11) is 0. The molecule has 1 saturated carbocycles. The lowest BCUT2D eigenvalue weighted by Gasteiger charge is -2.27. The third kappa shape index (κ3) is 3.05. The van der Waals surface area contributed by atoms with Gasteiger partial charge in [0, 0.05) is 6.04 Å². The van der Waals surface area contributed by atoms with Gasteiger partial charge in [-0.05, 0) is 38.5 Å². The van der Waals surface area contributed by atoms with E-state index in [0.717, 1.165) is 18.8 Å². The van der Waals surface area contributed by atoms with Crippen LogP contribution in [0.25, 0.3) is 0 Å². The molecule has 1 aromatic heterocycles. The summed E-state index contributed by atoms with van der Waals surface area (Å²) in [5, 5.41) is 7.09. The van der Waals surface area contributed by atoms with E-state index < -0.39 is 0 Å². The van der Waals surface area contributed by atoms with E-state index >= 15 is 0 Å². The number of nitrogens with one attached hydrogen (secondary N) is 1. The van der Waals surface area contributed by atoms with Crippen LogP contribution in [-0.2, 0) is 4.79 Å². The molecule has 17 heavy (non-hydrogen) atoms. The molecular formula is C12H20N4O. The molecule has 0 bridgehead atoms. The SMILES string of the molecule is CC1CCC(NC(=O)C(C)n2cncn2)CC1. The summed E-state index contributed by atoms with van der Waals surface area (Å²) in [6.45, 7) is 4.12. The maximum atomic E-state index is 12.0. The van der Waals surface area contributed by atoms with Crippen LogP contribution in [0.4, 0.5) is 0 Å². The lowest BCUT2D eigenvalue weighted by atomic mass is 9.87. The summed E-state index contributed by atoms with van der Waals surface area (Å²) in [6.07, 6.45) is 7.64. The van der Waals surface area contributed by atoms with E-state index in [-0.39, 0.29) is 11.9 Å². The first-order valence-electron chi connectivity index (χ1n) is 6.31. The highest BCUT2D eigenvalue weighted by Crippen LogP contribution is 2.23. The van der Waals surface area contributed by atoms with Crippen LogP contribution in [-0.4, -0.2) is 26.7 Å². The van der Waals surface area contributed by atoms with E-state index in [1.807, 2.05) is 6.92 Å². The summed E-state index contributed by atoms with van der Waals surface area (Å²) in [5.41, 5.74) is 0. The molecule has 1 aromatic rings. The van der Waals surface area contributed by atoms with E-state index in [4.69, 9.17) is 0 Å². The summed E-state index contributed by atoms with van der Waals surface area (Å²) in [4.78, 5) is 15.8. The molecule has 1 unspecified atom stereocenters. The molecule has 5 nitrogen and oxygen atoms in total. The maximum absolute atomic E-state index is 12.0. The second-order valence-electron chi connectivity index (χ2n) is 5.02. The van der Waals surface area contributed by atoms with Crippen LogP contribution in [0, 0.1) is 5.92 Å². The molecule has 0 radical (unpaired) electrons. The zero-order chi connectivity index (χ0) is 12.3. The molecular weight excluding hydrogens is 216 g/mol. The molecule has 1 aliphatic carbocycles. The minimum Gasteiger partial charge on any atom is -0.352 e. The summed E-state index contributed by atoms with van der Waals surface area (Å²) in [5.74, 6) is 0.839. The van der Waals surface area contributed by atoms with Gasteiger partial charge in [0.1, 0.15) is 18.7 Å². The fourth-order valence-corrected chi connectivity index (χ4v) is 2.26. The van der Waals surface area contributed by atoms with E-state index in [1.54, 1.807) is 11.0 Å². The number of hydrogen-bond donors (Lipinski definition) is 1. The van der Waals surface area contributed by atoms with E-state index in [9.17, 15) is 4.79 Å². The molecule has 5 heteroatoms. The molecule has 1 fully saturated rings. The summed E-state index contributed by atoms with van der Waals surface area (Å²) < 4.78 is 1.58. The average Bonchev–Trinajstić information content (AvgIpc) is 2.84. The molecule has 0 saturated heterocycles. The predicted molar refractivity (Wildman–Crippen MR) is 64.3 cm³/mol. The van der Waals surface area contributed by atoms with Gasteiger partial charge in [0.05, 0.1) is 0 Å². The number of hydrogen-bond acceptors (Lipinski definition) is 3. The molecule has 0 spiro atoms. The molecule has 0 aromatic carbocycles. The fraction of sp³-hybridized carbons (Fsp3) is 0.750. The van der Waals surface area contributed by atoms with Crippen molar-refractivity contribution in [2.24, 2.45) is 5.92 Å². The number of amides is 1. The van der Waals surface area contributed by atoms with Crippen molar-refractivity contribution in [1.82, 2.24) is 20.1 Å². The lowest BCUT2D eigenvalue weighted by Crippen LogP contribution is -2.40. The van der Waals surface area contributed by atoms with Crippen molar-refractivity contribution in [2.45, 2.75) is 51.6 Å². The van der Waals surface area contributed by atoms with Gasteiger partial charge in [-0.15, -0.1) is 0 Å². The number of carbonyl (C=O) groups excluding carboxylic acids is 1. The number of rotatable bonds is 3. The van der Waals surface area contributed by atoms with Crippen LogP contribution in [0.5, 0.6) is 0 Å². The Morgan fingerprint density at radius 1 is 1.41 bits per heavy atom. The lowest BCUT2D eigenvalue weighted by molar-refractivity contribution is -0.125. The zero-order valence-corrected chi connectivity index (χ0v) is 10.5. The molecule has 0 aliphatic heterocycles. The van der Waals surface area contributed by atoms with Crippen molar-refractivity contribution in [2.75, 3.05) is 0 Å². The molecule has 1 aliphatic rings. The molecule has 1 N–H and O–H groups in total. The third-order valence-corrected chi connectivity index (χ3v) is 3.58. The van der Waals surface area contributed by atoms with Gasteiger partial charge in [-0.1, -0.05) is 6.92 Å². The highest BCUT2D eigenvalue weighted by molar-refractivity contribution is 5.80. The number of nitrogens with zero attached hydrogens (tertiary/aromatic N) is 3. The number of aromatic nitrogens is 3. The van der Waals surface area contributed by atoms with Crippen LogP contribution in [0.3, 0.4) is 0 Å².